The van der Waals surface area contributed by atoms with Gasteiger partial charge in [0, 0.05) is 13.1 Å². The lowest BCUT2D eigenvalue weighted by Gasteiger charge is -2.29. The molecular formula is C24H32N2O3. The maximum absolute atomic E-state index is 13.1. The van der Waals surface area contributed by atoms with Crippen molar-refractivity contribution in [2.45, 2.75) is 52.6 Å². The second-order valence-electron chi connectivity index (χ2n) is 7.35. The van der Waals surface area contributed by atoms with Gasteiger partial charge in [0.05, 0.1) is 13.5 Å². The van der Waals surface area contributed by atoms with Gasteiger partial charge in [0.25, 0.3) is 0 Å². The molecule has 2 rings (SSSR count). The lowest BCUT2D eigenvalue weighted by Crippen LogP contribution is -2.48. The van der Waals surface area contributed by atoms with Crippen LogP contribution >= 0.6 is 0 Å². The minimum absolute atomic E-state index is 0.0751. The van der Waals surface area contributed by atoms with E-state index in [2.05, 4.69) is 12.2 Å². The average Bonchev–Trinajstić information content (AvgIpc) is 2.73. The molecule has 5 nitrogen and oxygen atoms in total. The van der Waals surface area contributed by atoms with E-state index < -0.39 is 6.04 Å². The van der Waals surface area contributed by atoms with E-state index in [1.165, 1.54) is 0 Å². The number of hydrogen-bond donors (Lipinski definition) is 1. The van der Waals surface area contributed by atoms with E-state index in [9.17, 15) is 9.59 Å². The van der Waals surface area contributed by atoms with Crippen LogP contribution in [0, 0.1) is 6.92 Å². The molecule has 0 heterocycles. The van der Waals surface area contributed by atoms with E-state index in [1.54, 1.807) is 18.9 Å². The molecule has 2 aromatic carbocycles. The van der Waals surface area contributed by atoms with Crippen molar-refractivity contribution in [2.75, 3.05) is 13.7 Å². The summed E-state index contributed by atoms with van der Waals surface area (Å²) in [5.74, 6) is 0.559. The number of unbranched alkanes of at least 4 members (excludes halogenated alkanes) is 1. The Morgan fingerprint density at radius 1 is 1.03 bits per heavy atom. The molecule has 0 aliphatic heterocycles. The maximum Gasteiger partial charge on any atom is 0.242 e. The molecule has 0 bridgehead atoms. The summed E-state index contributed by atoms with van der Waals surface area (Å²) in [6, 6.07) is 15.0. The fourth-order valence-corrected chi connectivity index (χ4v) is 3.03. The molecule has 1 atom stereocenters. The van der Waals surface area contributed by atoms with E-state index >= 15 is 0 Å². The molecule has 0 aliphatic carbocycles. The Balaban J connectivity index is 2.15. The van der Waals surface area contributed by atoms with Crippen LogP contribution in [0.1, 0.15) is 43.4 Å². The van der Waals surface area contributed by atoms with Crippen molar-refractivity contribution in [1.82, 2.24) is 10.2 Å². The van der Waals surface area contributed by atoms with Gasteiger partial charge < -0.3 is 15.0 Å². The number of rotatable bonds is 10. The van der Waals surface area contributed by atoms with Gasteiger partial charge in [0.15, 0.2) is 0 Å². The van der Waals surface area contributed by atoms with Crippen molar-refractivity contribution in [2.24, 2.45) is 0 Å². The zero-order valence-electron chi connectivity index (χ0n) is 17.9. The number of methoxy groups -OCH3 is 1. The molecule has 29 heavy (non-hydrogen) atoms. The highest BCUT2D eigenvalue weighted by molar-refractivity contribution is 5.88. The smallest absolute Gasteiger partial charge is 0.242 e. The second kappa shape index (κ2) is 11.2. The topological polar surface area (TPSA) is 58.6 Å². The second-order valence-corrected chi connectivity index (χ2v) is 7.35. The summed E-state index contributed by atoms with van der Waals surface area (Å²) in [4.78, 5) is 27.4. The van der Waals surface area contributed by atoms with Crippen LogP contribution in [0.2, 0.25) is 0 Å². The van der Waals surface area contributed by atoms with Crippen LogP contribution in [0.5, 0.6) is 5.75 Å². The largest absolute Gasteiger partial charge is 0.497 e. The minimum atomic E-state index is -0.543. The summed E-state index contributed by atoms with van der Waals surface area (Å²) >= 11 is 0. The van der Waals surface area contributed by atoms with Gasteiger partial charge in [-0.3, -0.25) is 9.59 Å². The van der Waals surface area contributed by atoms with E-state index in [0.29, 0.717) is 13.1 Å². The molecule has 2 aromatic rings. The SMILES string of the molecule is CCCCNC(=O)[C@H](C)N(Cc1ccc(C)cc1)C(=O)Cc1ccc(OC)cc1. The Morgan fingerprint density at radius 2 is 1.66 bits per heavy atom. The number of ether oxygens (including phenoxy) is 1. The van der Waals surface area contributed by atoms with Crippen molar-refractivity contribution < 1.29 is 14.3 Å². The van der Waals surface area contributed by atoms with Crippen molar-refractivity contribution in [1.29, 1.82) is 0 Å². The van der Waals surface area contributed by atoms with Gasteiger partial charge in [-0.05, 0) is 43.5 Å². The molecular weight excluding hydrogens is 364 g/mol. The van der Waals surface area contributed by atoms with Crippen molar-refractivity contribution in [3.05, 3.63) is 65.2 Å². The molecule has 0 saturated carbocycles. The van der Waals surface area contributed by atoms with E-state index in [-0.39, 0.29) is 18.2 Å². The lowest BCUT2D eigenvalue weighted by molar-refractivity contribution is -0.140. The maximum atomic E-state index is 13.1. The third kappa shape index (κ3) is 6.93. The predicted molar refractivity (Wildman–Crippen MR) is 116 cm³/mol. The highest BCUT2D eigenvalue weighted by Gasteiger charge is 2.26. The van der Waals surface area contributed by atoms with Crippen LogP contribution in [0.3, 0.4) is 0 Å². The van der Waals surface area contributed by atoms with Gasteiger partial charge in [0.1, 0.15) is 11.8 Å². The third-order valence-corrected chi connectivity index (χ3v) is 4.98. The number of carbonyl (C=O) groups excluding carboxylic acids is 2. The molecule has 0 unspecified atom stereocenters. The van der Waals surface area contributed by atoms with Gasteiger partial charge in [-0.25, -0.2) is 0 Å². The molecule has 0 aliphatic rings. The van der Waals surface area contributed by atoms with E-state index in [1.807, 2.05) is 55.5 Å². The summed E-state index contributed by atoms with van der Waals surface area (Å²) in [6.45, 7) is 6.93. The van der Waals surface area contributed by atoms with Gasteiger partial charge in [0.2, 0.25) is 11.8 Å². The molecule has 156 valence electrons. The number of hydrogen-bond acceptors (Lipinski definition) is 3. The first-order chi connectivity index (χ1) is 13.9. The number of aryl methyl sites for hydroxylation is 1. The van der Waals surface area contributed by atoms with Gasteiger partial charge >= 0.3 is 0 Å². The number of benzene rings is 2. The van der Waals surface area contributed by atoms with Gasteiger partial charge in [-0.2, -0.15) is 0 Å². The fourth-order valence-electron chi connectivity index (χ4n) is 3.03. The quantitative estimate of drug-likeness (QED) is 0.620. The molecule has 0 radical (unpaired) electrons. The van der Waals surface area contributed by atoms with Crippen LogP contribution in [0.25, 0.3) is 0 Å². The van der Waals surface area contributed by atoms with Crippen molar-refractivity contribution >= 4 is 11.8 Å². The summed E-state index contributed by atoms with van der Waals surface area (Å²) < 4.78 is 5.18. The standard InChI is InChI=1S/C24H32N2O3/c1-5-6-15-25-24(28)19(3)26(17-21-9-7-18(2)8-10-21)23(27)16-20-11-13-22(29-4)14-12-20/h7-14,19H,5-6,15-17H2,1-4H3,(H,25,28)/t19-/m0/s1. The van der Waals surface area contributed by atoms with E-state index in [0.717, 1.165) is 35.3 Å². The monoisotopic (exact) mass is 396 g/mol. The Hall–Kier alpha value is -2.82. The van der Waals surface area contributed by atoms with Crippen molar-refractivity contribution in [3.63, 3.8) is 0 Å². The molecule has 0 aromatic heterocycles. The highest BCUT2D eigenvalue weighted by Crippen LogP contribution is 2.16. The van der Waals surface area contributed by atoms with Crippen LogP contribution in [-0.2, 0) is 22.6 Å². The van der Waals surface area contributed by atoms with Crippen molar-refractivity contribution in [3.8, 4) is 5.75 Å². The lowest BCUT2D eigenvalue weighted by atomic mass is 10.1. The van der Waals surface area contributed by atoms with Crippen LogP contribution in [0.4, 0.5) is 0 Å². The fraction of sp³-hybridized carbons (Fsp3) is 0.417. The minimum Gasteiger partial charge on any atom is -0.497 e. The number of amides is 2. The number of carbonyl (C=O) groups is 2. The summed E-state index contributed by atoms with van der Waals surface area (Å²) in [5, 5.41) is 2.94. The Bertz CT molecular complexity index is 785. The highest BCUT2D eigenvalue weighted by atomic mass is 16.5. The summed E-state index contributed by atoms with van der Waals surface area (Å²) in [6.07, 6.45) is 2.18. The zero-order chi connectivity index (χ0) is 21.2. The van der Waals surface area contributed by atoms with Crippen LogP contribution < -0.4 is 10.1 Å². The molecule has 0 spiro atoms. The molecule has 5 heteroatoms. The third-order valence-electron chi connectivity index (χ3n) is 4.98. The summed E-state index contributed by atoms with van der Waals surface area (Å²) in [7, 11) is 1.61. The van der Waals surface area contributed by atoms with Gasteiger partial charge in [-0.15, -0.1) is 0 Å². The normalized spacial score (nSPS) is 11.6. The first-order valence-corrected chi connectivity index (χ1v) is 10.2. The van der Waals surface area contributed by atoms with Gasteiger partial charge in [-0.1, -0.05) is 55.3 Å². The Labute approximate surface area is 174 Å². The Kier molecular flexibility index (Phi) is 8.71. The number of nitrogens with zero attached hydrogens (tertiary/aromatic N) is 1. The molecule has 1 N–H and O–H groups in total. The number of nitrogens with one attached hydrogen (secondary N) is 1. The van der Waals surface area contributed by atoms with Crippen LogP contribution in [0.15, 0.2) is 48.5 Å². The van der Waals surface area contributed by atoms with E-state index in [4.69, 9.17) is 4.74 Å². The molecule has 2 amide bonds. The first-order valence-electron chi connectivity index (χ1n) is 10.2. The average molecular weight is 397 g/mol. The zero-order valence-corrected chi connectivity index (χ0v) is 17.9. The summed E-state index contributed by atoms with van der Waals surface area (Å²) in [5.41, 5.74) is 3.06. The molecule has 0 saturated heterocycles. The first kappa shape index (κ1) is 22.5. The Morgan fingerprint density at radius 3 is 2.24 bits per heavy atom. The predicted octanol–water partition coefficient (Wildman–Crippen LogP) is 3.88. The van der Waals surface area contributed by atoms with Crippen LogP contribution in [-0.4, -0.2) is 36.4 Å². The molecule has 0 fully saturated rings.